The van der Waals surface area contributed by atoms with E-state index in [1.165, 1.54) is 27.7 Å². The summed E-state index contributed by atoms with van der Waals surface area (Å²) >= 11 is 0. The molecule has 4 atom stereocenters. The van der Waals surface area contributed by atoms with Crippen molar-refractivity contribution >= 4 is 23.9 Å². The number of carbonyl (C=O) groups is 4. The van der Waals surface area contributed by atoms with Gasteiger partial charge in [-0.05, 0) is 0 Å². The van der Waals surface area contributed by atoms with Crippen molar-refractivity contribution in [3.63, 3.8) is 0 Å². The lowest BCUT2D eigenvalue weighted by Crippen LogP contribution is -2.51. The zero-order valence-electron chi connectivity index (χ0n) is 13.0. The first-order valence-corrected chi connectivity index (χ1v) is 6.88. The highest BCUT2D eigenvalue weighted by atomic mass is 16.6. The molecule has 0 aromatic carbocycles. The molecule has 0 bridgehead atoms. The molecule has 0 aromatic heterocycles. The smallest absolute Gasteiger partial charge is 0.303 e. The van der Waals surface area contributed by atoms with Crippen LogP contribution in [-0.2, 0) is 38.1 Å². The van der Waals surface area contributed by atoms with Crippen LogP contribution in [0.1, 0.15) is 40.5 Å². The fraction of sp³-hybridized carbons (Fsp3) is 0.714. The molecule has 1 aliphatic carbocycles. The second-order valence-corrected chi connectivity index (χ2v) is 5.06. The predicted molar refractivity (Wildman–Crippen MR) is 71.5 cm³/mol. The third-order valence-corrected chi connectivity index (χ3v) is 3.03. The molecule has 1 saturated carbocycles. The molecule has 1 rings (SSSR count). The van der Waals surface area contributed by atoms with Gasteiger partial charge in [-0.3, -0.25) is 19.2 Å². The topological polar surface area (TPSA) is 105 Å². The van der Waals surface area contributed by atoms with Crippen molar-refractivity contribution in [1.29, 1.82) is 0 Å². The average Bonchev–Trinajstić information content (AvgIpc) is 2.31. The van der Waals surface area contributed by atoms with Crippen molar-refractivity contribution in [3.8, 4) is 0 Å². The predicted octanol–water partition coefficient (Wildman–Crippen LogP) is 0.507. The van der Waals surface area contributed by atoms with Gasteiger partial charge in [-0.15, -0.1) is 0 Å². The van der Waals surface area contributed by atoms with Crippen LogP contribution in [0.4, 0.5) is 0 Å². The first-order chi connectivity index (χ1) is 10.2. The summed E-state index contributed by atoms with van der Waals surface area (Å²) < 4.78 is 20.5. The number of rotatable bonds is 4. The van der Waals surface area contributed by atoms with Crippen LogP contribution < -0.4 is 0 Å². The number of carbonyl (C=O) groups excluding carboxylic acids is 4. The lowest BCUT2D eigenvalue weighted by atomic mass is 9.89. The summed E-state index contributed by atoms with van der Waals surface area (Å²) in [5, 5.41) is 0. The van der Waals surface area contributed by atoms with E-state index in [-0.39, 0.29) is 12.8 Å². The Morgan fingerprint density at radius 3 is 0.864 bits per heavy atom. The number of esters is 4. The van der Waals surface area contributed by atoms with Crippen LogP contribution in [-0.4, -0.2) is 48.3 Å². The van der Waals surface area contributed by atoms with E-state index >= 15 is 0 Å². The van der Waals surface area contributed by atoms with E-state index in [4.69, 9.17) is 18.9 Å². The van der Waals surface area contributed by atoms with Crippen molar-refractivity contribution in [1.82, 2.24) is 0 Å². The molecule has 0 aromatic rings. The molecule has 0 saturated heterocycles. The SMILES string of the molecule is CC(=O)O[C@H]1C[C@H](OC(C)=O)[C@@H](OC(C)=O)C[C@@H]1OC(C)=O. The molecule has 1 fully saturated rings. The molecule has 0 amide bonds. The normalized spacial score (nSPS) is 27.5. The molecule has 0 N–H and O–H groups in total. The molecule has 22 heavy (non-hydrogen) atoms. The van der Waals surface area contributed by atoms with Gasteiger partial charge in [0.25, 0.3) is 0 Å². The molecule has 0 heterocycles. The van der Waals surface area contributed by atoms with Crippen molar-refractivity contribution in [2.24, 2.45) is 0 Å². The van der Waals surface area contributed by atoms with E-state index < -0.39 is 48.3 Å². The Labute approximate surface area is 128 Å². The first kappa shape index (κ1) is 17.9. The fourth-order valence-corrected chi connectivity index (χ4v) is 2.41. The molecule has 0 aliphatic heterocycles. The largest absolute Gasteiger partial charge is 0.458 e. The Balaban J connectivity index is 2.92. The zero-order valence-corrected chi connectivity index (χ0v) is 13.0. The first-order valence-electron chi connectivity index (χ1n) is 6.88. The molecule has 8 heteroatoms. The van der Waals surface area contributed by atoms with Crippen LogP contribution in [0.15, 0.2) is 0 Å². The molecule has 124 valence electrons. The fourth-order valence-electron chi connectivity index (χ4n) is 2.41. The van der Waals surface area contributed by atoms with Crippen molar-refractivity contribution < 1.29 is 38.1 Å². The van der Waals surface area contributed by atoms with Gasteiger partial charge in [-0.2, -0.15) is 0 Å². The maximum Gasteiger partial charge on any atom is 0.303 e. The molecule has 0 unspecified atom stereocenters. The van der Waals surface area contributed by atoms with Gasteiger partial charge < -0.3 is 18.9 Å². The van der Waals surface area contributed by atoms with Gasteiger partial charge in [0.1, 0.15) is 24.4 Å². The Morgan fingerprint density at radius 2 is 0.727 bits per heavy atom. The van der Waals surface area contributed by atoms with Crippen LogP contribution in [0.2, 0.25) is 0 Å². The van der Waals surface area contributed by atoms with Crippen molar-refractivity contribution in [3.05, 3.63) is 0 Å². The maximum absolute atomic E-state index is 11.2. The lowest BCUT2D eigenvalue weighted by molar-refractivity contribution is -0.196. The standard InChI is InChI=1S/C14H20O8/c1-7(15)19-11-5-13(21-9(3)17)14(22-10(4)18)6-12(11)20-8(2)16/h11-14H,5-6H2,1-4H3/t11-,12-,13-,14-/m0/s1. The Bertz CT molecular complexity index is 376. The van der Waals surface area contributed by atoms with Gasteiger partial charge in [0.2, 0.25) is 0 Å². The van der Waals surface area contributed by atoms with E-state index in [1.807, 2.05) is 0 Å². The summed E-state index contributed by atoms with van der Waals surface area (Å²) in [7, 11) is 0. The molecular weight excluding hydrogens is 296 g/mol. The summed E-state index contributed by atoms with van der Waals surface area (Å²) in [6.45, 7) is 4.90. The highest BCUT2D eigenvalue weighted by Crippen LogP contribution is 2.29. The van der Waals surface area contributed by atoms with Crippen molar-refractivity contribution in [2.75, 3.05) is 0 Å². The quantitative estimate of drug-likeness (QED) is 0.545. The second-order valence-electron chi connectivity index (χ2n) is 5.06. The third-order valence-electron chi connectivity index (χ3n) is 3.03. The van der Waals surface area contributed by atoms with Crippen LogP contribution in [0, 0.1) is 0 Å². The maximum atomic E-state index is 11.2. The number of hydrogen-bond donors (Lipinski definition) is 0. The van der Waals surface area contributed by atoms with E-state index in [0.717, 1.165) is 0 Å². The number of hydrogen-bond acceptors (Lipinski definition) is 8. The van der Waals surface area contributed by atoms with Gasteiger partial charge in [0, 0.05) is 40.5 Å². The van der Waals surface area contributed by atoms with Gasteiger partial charge in [0.15, 0.2) is 0 Å². The minimum atomic E-state index is -0.766. The lowest BCUT2D eigenvalue weighted by Gasteiger charge is -2.38. The minimum Gasteiger partial charge on any atom is -0.458 e. The molecule has 0 spiro atoms. The number of ether oxygens (including phenoxy) is 4. The zero-order chi connectivity index (χ0) is 16.9. The van der Waals surface area contributed by atoms with E-state index in [0.29, 0.717) is 0 Å². The summed E-state index contributed by atoms with van der Waals surface area (Å²) in [4.78, 5) is 44.7. The Hall–Kier alpha value is -2.12. The van der Waals surface area contributed by atoms with Crippen LogP contribution in [0.5, 0.6) is 0 Å². The summed E-state index contributed by atoms with van der Waals surface area (Å²) in [6, 6.07) is 0. The van der Waals surface area contributed by atoms with Crippen molar-refractivity contribution in [2.45, 2.75) is 65.0 Å². The third kappa shape index (κ3) is 5.71. The van der Waals surface area contributed by atoms with E-state index in [9.17, 15) is 19.2 Å². The van der Waals surface area contributed by atoms with E-state index in [1.54, 1.807) is 0 Å². The monoisotopic (exact) mass is 316 g/mol. The second kappa shape index (κ2) is 7.77. The summed E-state index contributed by atoms with van der Waals surface area (Å²) in [5.41, 5.74) is 0. The average molecular weight is 316 g/mol. The van der Waals surface area contributed by atoms with Gasteiger partial charge in [0.05, 0.1) is 0 Å². The summed E-state index contributed by atoms with van der Waals surface area (Å²) in [5.74, 6) is -2.19. The summed E-state index contributed by atoms with van der Waals surface area (Å²) in [6.07, 6.45) is -2.91. The van der Waals surface area contributed by atoms with Gasteiger partial charge in [-0.25, -0.2) is 0 Å². The Kier molecular flexibility index (Phi) is 6.33. The van der Waals surface area contributed by atoms with Gasteiger partial charge >= 0.3 is 23.9 Å². The molecule has 0 radical (unpaired) electrons. The van der Waals surface area contributed by atoms with Gasteiger partial charge in [-0.1, -0.05) is 0 Å². The van der Waals surface area contributed by atoms with Crippen LogP contribution in [0.3, 0.4) is 0 Å². The minimum absolute atomic E-state index is 0.0784. The highest BCUT2D eigenvalue weighted by molar-refractivity contribution is 5.68. The van der Waals surface area contributed by atoms with Crippen LogP contribution >= 0.6 is 0 Å². The highest BCUT2D eigenvalue weighted by Gasteiger charge is 2.44. The van der Waals surface area contributed by atoms with Crippen LogP contribution in [0.25, 0.3) is 0 Å². The Morgan fingerprint density at radius 1 is 0.545 bits per heavy atom. The molecular formula is C14H20O8. The molecule has 1 aliphatic rings. The van der Waals surface area contributed by atoms with E-state index in [2.05, 4.69) is 0 Å². The molecule has 8 nitrogen and oxygen atoms in total.